The number of nitrogens with zero attached hydrogens (tertiary/aromatic N) is 6. The summed E-state index contributed by atoms with van der Waals surface area (Å²) >= 11 is 0. The second kappa shape index (κ2) is 9.47. The van der Waals surface area contributed by atoms with E-state index in [-0.39, 0.29) is 29.2 Å². The lowest BCUT2D eigenvalue weighted by Crippen LogP contribution is -2.55. The van der Waals surface area contributed by atoms with Gasteiger partial charge in [-0.3, -0.25) is 4.79 Å². The van der Waals surface area contributed by atoms with Gasteiger partial charge in [0.25, 0.3) is 5.91 Å². The number of hydrogen-bond donors (Lipinski definition) is 1. The molecule has 1 fully saturated rings. The van der Waals surface area contributed by atoms with Crippen molar-refractivity contribution in [1.29, 1.82) is 0 Å². The van der Waals surface area contributed by atoms with Crippen LogP contribution in [0.2, 0.25) is 0 Å². The second-order valence-electron chi connectivity index (χ2n) is 9.59. The lowest BCUT2D eigenvalue weighted by Gasteiger charge is -2.41. The highest BCUT2D eigenvalue weighted by Gasteiger charge is 2.32. The minimum Gasteiger partial charge on any atom is -0.444 e. The van der Waals surface area contributed by atoms with Crippen LogP contribution in [0.1, 0.15) is 50.3 Å². The predicted molar refractivity (Wildman–Crippen MR) is 129 cm³/mol. The van der Waals surface area contributed by atoms with Gasteiger partial charge in [0.2, 0.25) is 0 Å². The minimum absolute atomic E-state index is 0.0404. The topological polar surface area (TPSA) is 105 Å². The molecule has 1 N–H and O–H groups in total. The van der Waals surface area contributed by atoms with E-state index in [0.717, 1.165) is 6.42 Å². The maximum absolute atomic E-state index is 14.3. The molecule has 1 unspecified atom stereocenters. The number of halogens is 1. The molecular formula is C24H30FN7O3. The summed E-state index contributed by atoms with van der Waals surface area (Å²) in [6.07, 6.45) is 6.68. The van der Waals surface area contributed by atoms with Crippen LogP contribution in [0.5, 0.6) is 0 Å². The number of imidazole rings is 1. The number of pyridine rings is 1. The van der Waals surface area contributed by atoms with Gasteiger partial charge < -0.3 is 24.3 Å². The van der Waals surface area contributed by atoms with Crippen molar-refractivity contribution in [2.24, 2.45) is 0 Å². The van der Waals surface area contributed by atoms with Gasteiger partial charge in [0.15, 0.2) is 11.5 Å². The number of ether oxygens (including phenoxy) is 1. The number of amides is 2. The lowest BCUT2D eigenvalue weighted by molar-refractivity contribution is 0.0213. The van der Waals surface area contributed by atoms with Gasteiger partial charge in [0.05, 0.1) is 23.8 Å². The Balaban J connectivity index is 1.43. The molecule has 3 aromatic rings. The van der Waals surface area contributed by atoms with E-state index in [1.54, 1.807) is 30.4 Å². The van der Waals surface area contributed by atoms with Crippen LogP contribution < -0.4 is 10.2 Å². The molecule has 1 aliphatic heterocycles. The summed E-state index contributed by atoms with van der Waals surface area (Å²) in [6.45, 7) is 10.9. The summed E-state index contributed by atoms with van der Waals surface area (Å²) in [5.74, 6) is -0.409. The first-order valence-corrected chi connectivity index (χ1v) is 11.6. The van der Waals surface area contributed by atoms with Crippen LogP contribution in [0.15, 0.2) is 30.9 Å². The van der Waals surface area contributed by atoms with E-state index in [2.05, 4.69) is 25.2 Å². The van der Waals surface area contributed by atoms with Crippen molar-refractivity contribution < 1.29 is 18.7 Å². The molecule has 10 nitrogen and oxygen atoms in total. The lowest BCUT2D eigenvalue weighted by atomic mass is 10.1. The van der Waals surface area contributed by atoms with Gasteiger partial charge in [-0.25, -0.2) is 24.1 Å². The number of nitrogens with one attached hydrogen (secondary N) is 1. The van der Waals surface area contributed by atoms with Crippen molar-refractivity contribution in [3.8, 4) is 0 Å². The fourth-order valence-corrected chi connectivity index (χ4v) is 4.03. The fourth-order valence-electron chi connectivity index (χ4n) is 4.03. The van der Waals surface area contributed by atoms with Crippen molar-refractivity contribution in [1.82, 2.24) is 24.3 Å². The van der Waals surface area contributed by atoms with E-state index >= 15 is 0 Å². The molecule has 35 heavy (non-hydrogen) atoms. The number of fused-ring (bicyclic) bond motifs is 1. The molecule has 0 bridgehead atoms. The van der Waals surface area contributed by atoms with E-state index in [0.29, 0.717) is 31.1 Å². The van der Waals surface area contributed by atoms with Crippen LogP contribution >= 0.6 is 0 Å². The standard InChI is InChI=1S/C24H30FN7O3/c1-6-17-14-30(23(34)35-24(3,4)5)7-8-32(17)20-11-26-19(10-27-20)22(33)29-16-9-18(25)21-28-15(2)12-31(21)13-16/h9-13,17H,6-8,14H2,1-5H3,(H,29,33). The van der Waals surface area contributed by atoms with Gasteiger partial charge in [0, 0.05) is 44.1 Å². The number of piperazine rings is 1. The van der Waals surface area contributed by atoms with E-state index in [4.69, 9.17) is 4.74 Å². The Morgan fingerprint density at radius 1 is 1.20 bits per heavy atom. The average Bonchev–Trinajstić information content (AvgIpc) is 3.18. The molecule has 2 amide bonds. The van der Waals surface area contributed by atoms with Gasteiger partial charge in [-0.1, -0.05) is 6.92 Å². The van der Waals surface area contributed by atoms with E-state index < -0.39 is 17.3 Å². The Labute approximate surface area is 203 Å². The van der Waals surface area contributed by atoms with Crippen molar-refractivity contribution in [2.45, 2.75) is 52.7 Å². The van der Waals surface area contributed by atoms with E-state index in [1.165, 1.54) is 16.7 Å². The highest BCUT2D eigenvalue weighted by Crippen LogP contribution is 2.22. The normalized spacial score (nSPS) is 16.5. The Morgan fingerprint density at radius 2 is 1.97 bits per heavy atom. The van der Waals surface area contributed by atoms with Crippen LogP contribution in [0.3, 0.4) is 0 Å². The van der Waals surface area contributed by atoms with Gasteiger partial charge >= 0.3 is 6.09 Å². The molecular weight excluding hydrogens is 453 g/mol. The number of hydrogen-bond acceptors (Lipinski definition) is 7. The third-order valence-corrected chi connectivity index (χ3v) is 5.66. The molecule has 1 saturated heterocycles. The molecule has 1 atom stereocenters. The minimum atomic E-state index is -0.549. The molecule has 0 aliphatic carbocycles. The molecule has 4 rings (SSSR count). The first-order valence-electron chi connectivity index (χ1n) is 11.6. The molecule has 186 valence electrons. The summed E-state index contributed by atoms with van der Waals surface area (Å²) < 4.78 is 21.3. The summed E-state index contributed by atoms with van der Waals surface area (Å²) in [6, 6.07) is 1.26. The molecule has 4 heterocycles. The number of aryl methyl sites for hydroxylation is 1. The number of carbonyl (C=O) groups excluding carboxylic acids is 2. The molecule has 1 aliphatic rings. The Morgan fingerprint density at radius 3 is 2.63 bits per heavy atom. The van der Waals surface area contributed by atoms with Gasteiger partial charge in [-0.2, -0.15) is 0 Å². The van der Waals surface area contributed by atoms with Gasteiger partial charge in [-0.15, -0.1) is 0 Å². The molecule has 11 heteroatoms. The highest BCUT2D eigenvalue weighted by molar-refractivity contribution is 6.02. The van der Waals surface area contributed by atoms with Crippen LogP contribution in [0.4, 0.5) is 20.7 Å². The zero-order valence-corrected chi connectivity index (χ0v) is 20.6. The number of anilines is 2. The van der Waals surface area contributed by atoms with Gasteiger partial charge in [0.1, 0.15) is 17.1 Å². The third-order valence-electron chi connectivity index (χ3n) is 5.66. The Hall–Kier alpha value is -3.76. The zero-order chi connectivity index (χ0) is 25.3. The van der Waals surface area contributed by atoms with E-state index in [9.17, 15) is 14.0 Å². The van der Waals surface area contributed by atoms with Crippen LogP contribution in [-0.4, -0.2) is 67.5 Å². The average molecular weight is 484 g/mol. The summed E-state index contributed by atoms with van der Waals surface area (Å²) in [4.78, 5) is 41.8. The van der Waals surface area contributed by atoms with Crippen LogP contribution in [0, 0.1) is 12.7 Å². The molecule has 0 aromatic carbocycles. The number of carbonyl (C=O) groups is 2. The first-order chi connectivity index (χ1) is 16.5. The molecule has 0 spiro atoms. The third kappa shape index (κ3) is 5.50. The summed E-state index contributed by atoms with van der Waals surface area (Å²) in [7, 11) is 0. The van der Waals surface area contributed by atoms with Crippen molar-refractivity contribution in [3.05, 3.63) is 48.1 Å². The molecule has 0 saturated carbocycles. The van der Waals surface area contributed by atoms with Crippen LogP contribution in [0.25, 0.3) is 5.65 Å². The zero-order valence-electron chi connectivity index (χ0n) is 20.6. The van der Waals surface area contributed by atoms with Gasteiger partial charge in [-0.05, 0) is 34.1 Å². The Bertz CT molecular complexity index is 1240. The van der Waals surface area contributed by atoms with Crippen molar-refractivity contribution in [3.63, 3.8) is 0 Å². The molecule has 0 radical (unpaired) electrons. The summed E-state index contributed by atoms with van der Waals surface area (Å²) in [5.41, 5.74) is 0.713. The largest absolute Gasteiger partial charge is 0.444 e. The quantitative estimate of drug-likeness (QED) is 0.604. The van der Waals surface area contributed by atoms with Crippen LogP contribution in [-0.2, 0) is 4.74 Å². The van der Waals surface area contributed by atoms with Crippen molar-refractivity contribution >= 4 is 29.2 Å². The SMILES string of the molecule is CCC1CN(C(=O)OC(C)(C)C)CCN1c1cnc(C(=O)Nc2cc(F)c3nc(C)cn3c2)cn1. The maximum atomic E-state index is 14.3. The summed E-state index contributed by atoms with van der Waals surface area (Å²) in [5, 5.41) is 2.65. The smallest absolute Gasteiger partial charge is 0.410 e. The molecule has 3 aromatic heterocycles. The van der Waals surface area contributed by atoms with Crippen molar-refractivity contribution in [2.75, 3.05) is 29.9 Å². The first kappa shape index (κ1) is 24.4. The highest BCUT2D eigenvalue weighted by atomic mass is 19.1. The Kier molecular flexibility index (Phi) is 6.60. The maximum Gasteiger partial charge on any atom is 0.410 e. The number of aromatic nitrogens is 4. The second-order valence-corrected chi connectivity index (χ2v) is 9.59. The number of rotatable bonds is 4. The van der Waals surface area contributed by atoms with E-state index in [1.807, 2.05) is 27.7 Å². The monoisotopic (exact) mass is 483 g/mol. The predicted octanol–water partition coefficient (Wildman–Crippen LogP) is 3.66. The fraction of sp³-hybridized carbons (Fsp3) is 0.458.